The molecule has 3 rings (SSSR count). The SMILES string of the molecule is CC(C)[C@](CN)(Oc1cccc2ccccc12)C1=CC=CCC1=S. The van der Waals surface area contributed by atoms with Crippen molar-refractivity contribution >= 4 is 27.9 Å². The number of thiocarbonyl (C=S) groups is 1. The first kappa shape index (κ1) is 16.9. The zero-order chi connectivity index (χ0) is 17.2. The van der Waals surface area contributed by atoms with Crippen molar-refractivity contribution < 1.29 is 4.74 Å². The van der Waals surface area contributed by atoms with Crippen LogP contribution in [0.4, 0.5) is 0 Å². The highest BCUT2D eigenvalue weighted by Gasteiger charge is 2.41. The largest absolute Gasteiger partial charge is 0.480 e. The average molecular weight is 337 g/mol. The Morgan fingerprint density at radius 2 is 1.92 bits per heavy atom. The normalized spacial score (nSPS) is 17.0. The van der Waals surface area contributed by atoms with Crippen molar-refractivity contribution in [2.75, 3.05) is 6.54 Å². The van der Waals surface area contributed by atoms with Crippen molar-refractivity contribution in [3.8, 4) is 5.75 Å². The molecule has 0 saturated heterocycles. The molecule has 1 aliphatic rings. The summed E-state index contributed by atoms with van der Waals surface area (Å²) in [6.07, 6.45) is 6.95. The van der Waals surface area contributed by atoms with Gasteiger partial charge in [-0.25, -0.2) is 0 Å². The maximum atomic E-state index is 6.62. The highest BCUT2D eigenvalue weighted by atomic mass is 32.1. The molecule has 2 nitrogen and oxygen atoms in total. The Kier molecular flexibility index (Phi) is 4.83. The van der Waals surface area contributed by atoms with Gasteiger partial charge in [0, 0.05) is 28.8 Å². The number of rotatable bonds is 5. The van der Waals surface area contributed by atoms with Crippen LogP contribution in [0.15, 0.2) is 66.3 Å². The van der Waals surface area contributed by atoms with Gasteiger partial charge in [0.2, 0.25) is 0 Å². The molecule has 0 fully saturated rings. The molecule has 1 atom stereocenters. The summed E-state index contributed by atoms with van der Waals surface area (Å²) < 4.78 is 6.62. The maximum Gasteiger partial charge on any atom is 0.149 e. The number of nitrogens with two attached hydrogens (primary N) is 1. The van der Waals surface area contributed by atoms with E-state index in [0.29, 0.717) is 6.54 Å². The molecule has 0 spiro atoms. The Balaban J connectivity index is 2.12. The molecule has 0 amide bonds. The fourth-order valence-corrected chi connectivity index (χ4v) is 3.61. The molecule has 1 aliphatic carbocycles. The van der Waals surface area contributed by atoms with Crippen molar-refractivity contribution in [2.24, 2.45) is 11.7 Å². The van der Waals surface area contributed by atoms with Gasteiger partial charge in [0.15, 0.2) is 0 Å². The lowest BCUT2D eigenvalue weighted by Gasteiger charge is -2.40. The summed E-state index contributed by atoms with van der Waals surface area (Å²) >= 11 is 5.62. The van der Waals surface area contributed by atoms with Gasteiger partial charge in [-0.15, -0.1) is 0 Å². The van der Waals surface area contributed by atoms with Crippen LogP contribution < -0.4 is 10.5 Å². The first-order chi connectivity index (χ1) is 11.6. The topological polar surface area (TPSA) is 35.2 Å². The van der Waals surface area contributed by atoms with E-state index in [0.717, 1.165) is 33.4 Å². The molecule has 2 N–H and O–H groups in total. The van der Waals surface area contributed by atoms with Crippen molar-refractivity contribution in [2.45, 2.75) is 25.9 Å². The molecule has 0 aliphatic heterocycles. The number of benzene rings is 2. The third-order valence-electron chi connectivity index (χ3n) is 4.74. The third kappa shape index (κ3) is 2.90. The smallest absolute Gasteiger partial charge is 0.149 e. The monoisotopic (exact) mass is 337 g/mol. The highest BCUT2D eigenvalue weighted by Crippen LogP contribution is 2.37. The minimum absolute atomic E-state index is 0.192. The summed E-state index contributed by atoms with van der Waals surface area (Å²) in [5, 5.41) is 2.25. The van der Waals surface area contributed by atoms with Crippen LogP contribution in [0, 0.1) is 5.92 Å². The number of ether oxygens (including phenoxy) is 1. The lowest BCUT2D eigenvalue weighted by atomic mass is 9.79. The van der Waals surface area contributed by atoms with Gasteiger partial charge in [-0.1, -0.05) is 80.7 Å². The number of fused-ring (bicyclic) bond motifs is 1. The van der Waals surface area contributed by atoms with E-state index in [4.69, 9.17) is 22.7 Å². The Labute approximate surface area is 149 Å². The second-order valence-corrected chi connectivity index (χ2v) is 6.96. The standard InChI is InChI=1S/C21H23NOS/c1-15(2)21(14-22,18-11-5-6-13-20(18)24)23-19-12-7-9-16-8-3-4-10-17(16)19/h3-12,15H,13-14,22H2,1-2H3/t21-/m0/s1. The predicted molar refractivity (Wildman–Crippen MR) is 106 cm³/mol. The van der Waals surface area contributed by atoms with Gasteiger partial charge in [0.05, 0.1) is 0 Å². The van der Waals surface area contributed by atoms with Crippen molar-refractivity contribution in [3.63, 3.8) is 0 Å². The summed E-state index contributed by atoms with van der Waals surface area (Å²) in [6.45, 7) is 4.66. The van der Waals surface area contributed by atoms with E-state index < -0.39 is 5.60 Å². The molecular weight excluding hydrogens is 314 g/mol. The lowest BCUT2D eigenvalue weighted by molar-refractivity contribution is 0.0744. The van der Waals surface area contributed by atoms with Gasteiger partial charge in [-0.3, -0.25) is 0 Å². The van der Waals surface area contributed by atoms with Crippen LogP contribution in [0.25, 0.3) is 10.8 Å². The third-order valence-corrected chi connectivity index (χ3v) is 5.12. The molecule has 0 heterocycles. The van der Waals surface area contributed by atoms with Crippen LogP contribution in [0.3, 0.4) is 0 Å². The predicted octanol–water partition coefficient (Wildman–Crippen LogP) is 4.83. The van der Waals surface area contributed by atoms with Gasteiger partial charge in [-0.05, 0) is 17.4 Å². The van der Waals surface area contributed by atoms with Crippen LogP contribution in [0.1, 0.15) is 20.3 Å². The minimum Gasteiger partial charge on any atom is -0.480 e. The van der Waals surface area contributed by atoms with E-state index in [-0.39, 0.29) is 5.92 Å². The first-order valence-corrected chi connectivity index (χ1v) is 8.76. The number of hydrogen-bond acceptors (Lipinski definition) is 3. The molecule has 0 bridgehead atoms. The quantitative estimate of drug-likeness (QED) is 0.794. The van der Waals surface area contributed by atoms with E-state index >= 15 is 0 Å². The van der Waals surface area contributed by atoms with Gasteiger partial charge >= 0.3 is 0 Å². The van der Waals surface area contributed by atoms with Gasteiger partial charge < -0.3 is 10.5 Å². The Morgan fingerprint density at radius 1 is 1.17 bits per heavy atom. The molecule has 2 aromatic carbocycles. The van der Waals surface area contributed by atoms with E-state index in [2.05, 4.69) is 44.2 Å². The van der Waals surface area contributed by atoms with Gasteiger partial charge in [0.25, 0.3) is 0 Å². The highest BCUT2D eigenvalue weighted by molar-refractivity contribution is 7.80. The summed E-state index contributed by atoms with van der Waals surface area (Å²) in [5.74, 6) is 1.04. The summed E-state index contributed by atoms with van der Waals surface area (Å²) in [6, 6.07) is 14.4. The lowest BCUT2D eigenvalue weighted by Crippen LogP contribution is -2.52. The number of hydrogen-bond donors (Lipinski definition) is 1. The Morgan fingerprint density at radius 3 is 2.62 bits per heavy atom. The zero-order valence-corrected chi connectivity index (χ0v) is 15.0. The average Bonchev–Trinajstić information content (AvgIpc) is 2.60. The fraction of sp³-hybridized carbons (Fsp3) is 0.286. The molecule has 0 saturated carbocycles. The van der Waals surface area contributed by atoms with E-state index in [9.17, 15) is 0 Å². The summed E-state index contributed by atoms with van der Waals surface area (Å²) in [7, 11) is 0. The molecular formula is C21H23NOS. The van der Waals surface area contributed by atoms with Crippen molar-refractivity contribution in [1.29, 1.82) is 0 Å². The second kappa shape index (κ2) is 6.88. The van der Waals surface area contributed by atoms with Crippen LogP contribution in [0.2, 0.25) is 0 Å². The first-order valence-electron chi connectivity index (χ1n) is 8.36. The molecule has 0 unspecified atom stereocenters. The number of allylic oxidation sites excluding steroid dienone is 3. The zero-order valence-electron chi connectivity index (χ0n) is 14.2. The molecule has 124 valence electrons. The molecule has 0 radical (unpaired) electrons. The Hall–Kier alpha value is -1.97. The minimum atomic E-state index is -0.619. The van der Waals surface area contributed by atoms with Crippen LogP contribution >= 0.6 is 12.2 Å². The summed E-state index contributed by atoms with van der Waals surface area (Å²) in [5.41, 5.74) is 6.66. The van der Waals surface area contributed by atoms with Gasteiger partial charge in [0.1, 0.15) is 11.4 Å². The van der Waals surface area contributed by atoms with E-state index in [1.54, 1.807) is 0 Å². The Bertz CT molecular complexity index is 816. The van der Waals surface area contributed by atoms with Crippen molar-refractivity contribution in [1.82, 2.24) is 0 Å². The summed E-state index contributed by atoms with van der Waals surface area (Å²) in [4.78, 5) is 0.914. The molecule has 24 heavy (non-hydrogen) atoms. The fourth-order valence-electron chi connectivity index (χ4n) is 3.27. The van der Waals surface area contributed by atoms with Crippen molar-refractivity contribution in [3.05, 3.63) is 66.3 Å². The van der Waals surface area contributed by atoms with Crippen LogP contribution in [0.5, 0.6) is 5.75 Å². The van der Waals surface area contributed by atoms with E-state index in [1.165, 1.54) is 0 Å². The van der Waals surface area contributed by atoms with Crippen LogP contribution in [-0.4, -0.2) is 17.0 Å². The molecule has 2 aromatic rings. The maximum absolute atomic E-state index is 6.62. The van der Waals surface area contributed by atoms with E-state index in [1.807, 2.05) is 30.3 Å². The molecule has 0 aromatic heterocycles. The van der Waals surface area contributed by atoms with Gasteiger partial charge in [-0.2, -0.15) is 0 Å². The molecule has 3 heteroatoms. The van der Waals surface area contributed by atoms with Crippen LogP contribution in [-0.2, 0) is 0 Å². The second-order valence-electron chi connectivity index (χ2n) is 6.46.